The first-order chi connectivity index (χ1) is 10.6. The first-order valence-electron chi connectivity index (χ1n) is 6.78. The lowest BCUT2D eigenvalue weighted by atomic mass is 10.1. The van der Waals surface area contributed by atoms with Gasteiger partial charge in [0.05, 0.1) is 12.1 Å². The number of esters is 1. The van der Waals surface area contributed by atoms with Gasteiger partial charge < -0.3 is 14.2 Å². The smallest absolute Gasteiger partial charge is 0.330 e. The molecule has 1 unspecified atom stereocenters. The molecule has 0 aliphatic heterocycles. The summed E-state index contributed by atoms with van der Waals surface area (Å²) in [6, 6.07) is 9.35. The maximum atomic E-state index is 11.2. The molecule has 0 aliphatic rings. The molecule has 0 amide bonds. The Balaban J connectivity index is 2.26. The summed E-state index contributed by atoms with van der Waals surface area (Å²) in [5.41, 5.74) is 0. The Hall–Kier alpha value is -2.20. The number of carbonyl (C=O) groups excluding carboxylic acids is 1. The quantitative estimate of drug-likeness (QED) is 0.596. The van der Waals surface area contributed by atoms with E-state index in [-0.39, 0.29) is 6.61 Å². The monoisotopic (exact) mass is 320 g/mol. The molecule has 0 fully saturated rings. The minimum absolute atomic E-state index is 0.190. The number of rotatable bonds is 6. The second-order valence-corrected chi connectivity index (χ2v) is 5.11. The van der Waals surface area contributed by atoms with E-state index in [1.54, 1.807) is 20.1 Å². The lowest BCUT2D eigenvalue weighted by Gasteiger charge is -2.17. The van der Waals surface area contributed by atoms with Crippen molar-refractivity contribution in [1.29, 1.82) is 0 Å². The minimum atomic E-state index is -0.484. The fourth-order valence-electron chi connectivity index (χ4n) is 2.08. The van der Waals surface area contributed by atoms with Crippen molar-refractivity contribution in [2.45, 2.75) is 13.0 Å². The van der Waals surface area contributed by atoms with Crippen LogP contribution in [0.4, 0.5) is 0 Å². The number of hydrogen-bond acceptors (Lipinski definition) is 4. The highest BCUT2D eigenvalue weighted by Crippen LogP contribution is 2.39. The molecule has 116 valence electrons. The third kappa shape index (κ3) is 3.52. The number of ether oxygens (including phenoxy) is 3. The van der Waals surface area contributed by atoms with Crippen LogP contribution in [0.5, 0.6) is 11.5 Å². The predicted octanol–water partition coefficient (Wildman–Crippen LogP) is 4.00. The van der Waals surface area contributed by atoms with E-state index in [4.69, 9.17) is 25.8 Å². The number of fused-ring (bicyclic) bond motifs is 1. The summed E-state index contributed by atoms with van der Waals surface area (Å²) in [5, 5.41) is 2.19. The zero-order valence-electron chi connectivity index (χ0n) is 12.5. The van der Waals surface area contributed by atoms with Crippen LogP contribution in [-0.2, 0) is 9.53 Å². The maximum absolute atomic E-state index is 11.2. The fourth-order valence-corrected chi connectivity index (χ4v) is 2.34. The highest BCUT2D eigenvalue weighted by atomic mass is 35.5. The SMILES string of the molecule is C=CC(=O)OC(C)COc1c(Cl)cc(OC)c2ccccc12. The average molecular weight is 321 g/mol. The van der Waals surface area contributed by atoms with Crippen LogP contribution < -0.4 is 9.47 Å². The average Bonchev–Trinajstić information content (AvgIpc) is 2.53. The van der Waals surface area contributed by atoms with Gasteiger partial charge in [-0.25, -0.2) is 4.79 Å². The van der Waals surface area contributed by atoms with Gasteiger partial charge in [0.15, 0.2) is 0 Å². The molecule has 0 aliphatic carbocycles. The van der Waals surface area contributed by atoms with Crippen LogP contribution in [0.3, 0.4) is 0 Å². The van der Waals surface area contributed by atoms with E-state index in [2.05, 4.69) is 6.58 Å². The van der Waals surface area contributed by atoms with Crippen molar-refractivity contribution in [3.63, 3.8) is 0 Å². The highest BCUT2D eigenvalue weighted by molar-refractivity contribution is 6.33. The summed E-state index contributed by atoms with van der Waals surface area (Å²) in [4.78, 5) is 11.2. The Morgan fingerprint density at radius 3 is 2.68 bits per heavy atom. The van der Waals surface area contributed by atoms with Crippen LogP contribution in [0.1, 0.15) is 6.92 Å². The van der Waals surface area contributed by atoms with Gasteiger partial charge in [0, 0.05) is 22.9 Å². The lowest BCUT2D eigenvalue weighted by Crippen LogP contribution is -2.21. The minimum Gasteiger partial charge on any atom is -0.496 e. The van der Waals surface area contributed by atoms with Gasteiger partial charge in [-0.3, -0.25) is 0 Å². The van der Waals surface area contributed by atoms with E-state index < -0.39 is 12.1 Å². The normalized spacial score (nSPS) is 11.8. The van der Waals surface area contributed by atoms with Gasteiger partial charge in [0.2, 0.25) is 0 Å². The summed E-state index contributed by atoms with van der Waals surface area (Å²) in [6.45, 7) is 5.28. The summed E-state index contributed by atoms with van der Waals surface area (Å²) in [5.74, 6) is 0.737. The van der Waals surface area contributed by atoms with Crippen LogP contribution in [-0.4, -0.2) is 25.8 Å². The Labute approximate surface area is 134 Å². The maximum Gasteiger partial charge on any atom is 0.330 e. The molecule has 0 spiro atoms. The molecule has 0 saturated heterocycles. The van der Waals surface area contributed by atoms with Crippen molar-refractivity contribution in [2.75, 3.05) is 13.7 Å². The lowest BCUT2D eigenvalue weighted by molar-refractivity contribution is -0.143. The van der Waals surface area contributed by atoms with Gasteiger partial charge >= 0.3 is 5.97 Å². The molecule has 22 heavy (non-hydrogen) atoms. The van der Waals surface area contributed by atoms with Crippen molar-refractivity contribution in [1.82, 2.24) is 0 Å². The van der Waals surface area contributed by atoms with Gasteiger partial charge in [-0.05, 0) is 6.92 Å². The van der Waals surface area contributed by atoms with Crippen molar-refractivity contribution in [3.8, 4) is 11.5 Å². The molecule has 0 saturated carbocycles. The summed E-state index contributed by atoms with van der Waals surface area (Å²) in [6.07, 6.45) is 0.703. The van der Waals surface area contributed by atoms with E-state index >= 15 is 0 Å². The number of hydrogen-bond donors (Lipinski definition) is 0. The van der Waals surface area contributed by atoms with E-state index in [9.17, 15) is 4.79 Å². The van der Waals surface area contributed by atoms with Crippen molar-refractivity contribution < 1.29 is 19.0 Å². The third-order valence-corrected chi connectivity index (χ3v) is 3.36. The zero-order chi connectivity index (χ0) is 16.1. The van der Waals surface area contributed by atoms with Gasteiger partial charge in [0.25, 0.3) is 0 Å². The van der Waals surface area contributed by atoms with Gasteiger partial charge in [-0.2, -0.15) is 0 Å². The second kappa shape index (κ2) is 7.18. The van der Waals surface area contributed by atoms with Crippen molar-refractivity contribution >= 4 is 28.3 Å². The van der Waals surface area contributed by atoms with Crippen LogP contribution >= 0.6 is 11.6 Å². The molecule has 0 radical (unpaired) electrons. The van der Waals surface area contributed by atoms with E-state index in [0.29, 0.717) is 16.5 Å². The molecule has 2 aromatic carbocycles. The number of methoxy groups -OCH3 is 1. The zero-order valence-corrected chi connectivity index (χ0v) is 13.2. The van der Waals surface area contributed by atoms with E-state index in [1.165, 1.54) is 0 Å². The molecular formula is C17H17ClO4. The second-order valence-electron chi connectivity index (χ2n) is 4.70. The standard InChI is InChI=1S/C17H17ClO4/c1-4-16(19)22-11(2)10-21-17-13-8-6-5-7-12(13)15(20-3)9-14(17)18/h4-9,11H,1,10H2,2-3H3. The Morgan fingerprint density at radius 2 is 2.05 bits per heavy atom. The highest BCUT2D eigenvalue weighted by Gasteiger charge is 2.14. The Morgan fingerprint density at radius 1 is 1.36 bits per heavy atom. The first-order valence-corrected chi connectivity index (χ1v) is 7.15. The fraction of sp³-hybridized carbons (Fsp3) is 0.235. The number of halogens is 1. The molecule has 2 aromatic rings. The summed E-state index contributed by atoms with van der Waals surface area (Å²) in [7, 11) is 1.59. The molecule has 0 heterocycles. The number of benzene rings is 2. The molecule has 4 nitrogen and oxygen atoms in total. The summed E-state index contributed by atoms with van der Waals surface area (Å²) >= 11 is 6.27. The van der Waals surface area contributed by atoms with Crippen LogP contribution in [0.25, 0.3) is 10.8 Å². The van der Waals surface area contributed by atoms with Crippen molar-refractivity contribution in [3.05, 3.63) is 48.0 Å². The molecule has 0 N–H and O–H groups in total. The van der Waals surface area contributed by atoms with E-state index in [1.807, 2.05) is 24.3 Å². The van der Waals surface area contributed by atoms with Crippen LogP contribution in [0.15, 0.2) is 43.0 Å². The van der Waals surface area contributed by atoms with Crippen molar-refractivity contribution in [2.24, 2.45) is 0 Å². The van der Waals surface area contributed by atoms with Gasteiger partial charge in [-0.1, -0.05) is 42.4 Å². The molecular weight excluding hydrogens is 304 g/mol. The largest absolute Gasteiger partial charge is 0.496 e. The van der Waals surface area contributed by atoms with E-state index in [0.717, 1.165) is 16.8 Å². The molecule has 5 heteroatoms. The molecule has 0 aromatic heterocycles. The molecule has 2 rings (SSSR count). The Kier molecular flexibility index (Phi) is 5.28. The third-order valence-electron chi connectivity index (χ3n) is 3.08. The van der Waals surface area contributed by atoms with Crippen LogP contribution in [0.2, 0.25) is 5.02 Å². The summed E-state index contributed by atoms with van der Waals surface area (Å²) < 4.78 is 16.2. The molecule has 1 atom stereocenters. The molecule has 0 bridgehead atoms. The predicted molar refractivity (Wildman–Crippen MR) is 86.8 cm³/mol. The topological polar surface area (TPSA) is 44.8 Å². The first kappa shape index (κ1) is 16.2. The van der Waals surface area contributed by atoms with Crippen LogP contribution in [0, 0.1) is 0 Å². The van der Waals surface area contributed by atoms with Gasteiger partial charge in [-0.15, -0.1) is 0 Å². The van der Waals surface area contributed by atoms with Gasteiger partial charge in [0.1, 0.15) is 24.2 Å². The number of carbonyl (C=O) groups is 1. The Bertz CT molecular complexity index is 696.